The molecule has 1 aliphatic carbocycles. The summed E-state index contributed by atoms with van der Waals surface area (Å²) in [6, 6.07) is 5.76. The van der Waals surface area contributed by atoms with Crippen LogP contribution in [0.5, 0.6) is 5.75 Å². The molecule has 0 saturated carbocycles. The minimum atomic E-state index is -0.752. The fourth-order valence-corrected chi connectivity index (χ4v) is 2.63. The van der Waals surface area contributed by atoms with Crippen LogP contribution in [0.3, 0.4) is 0 Å². The molecule has 104 valence electrons. The van der Waals surface area contributed by atoms with Gasteiger partial charge < -0.3 is 14.8 Å². The Morgan fingerprint density at radius 1 is 1.50 bits per heavy atom. The Balaban J connectivity index is 1.66. The van der Waals surface area contributed by atoms with Crippen molar-refractivity contribution in [3.8, 4) is 5.75 Å². The molecule has 5 heteroatoms. The van der Waals surface area contributed by atoms with E-state index in [1.54, 1.807) is 12.5 Å². The highest BCUT2D eigenvalue weighted by Crippen LogP contribution is 2.35. The van der Waals surface area contributed by atoms with Crippen LogP contribution in [0.15, 0.2) is 30.7 Å². The van der Waals surface area contributed by atoms with E-state index in [0.29, 0.717) is 13.0 Å². The highest BCUT2D eigenvalue weighted by atomic mass is 16.5. The molecule has 1 unspecified atom stereocenters. The van der Waals surface area contributed by atoms with Crippen LogP contribution >= 0.6 is 0 Å². The molecule has 0 radical (unpaired) electrons. The van der Waals surface area contributed by atoms with Crippen molar-refractivity contribution in [1.29, 1.82) is 0 Å². The minimum absolute atomic E-state index is 0.388. The number of fused-ring (bicyclic) bond motifs is 1. The summed E-state index contributed by atoms with van der Waals surface area (Å²) in [5.41, 5.74) is 3.05. The van der Waals surface area contributed by atoms with Crippen LogP contribution in [0.2, 0.25) is 0 Å². The van der Waals surface area contributed by atoms with Crippen LogP contribution in [-0.4, -0.2) is 27.7 Å². The molecule has 2 N–H and O–H groups in total. The molecule has 0 aliphatic heterocycles. The molecule has 0 fully saturated rings. The molecule has 1 aliphatic rings. The number of rotatable bonds is 5. The predicted molar refractivity (Wildman–Crippen MR) is 72.9 cm³/mol. The van der Waals surface area contributed by atoms with Crippen LogP contribution in [-0.2, 0) is 17.6 Å². The van der Waals surface area contributed by atoms with E-state index in [0.717, 1.165) is 35.4 Å². The summed E-state index contributed by atoms with van der Waals surface area (Å²) < 4.78 is 5.69. The summed E-state index contributed by atoms with van der Waals surface area (Å²) in [5, 5.41) is 9.20. The number of aromatic amines is 1. The fraction of sp³-hybridized carbons (Fsp3) is 0.333. The van der Waals surface area contributed by atoms with Gasteiger partial charge in [0.25, 0.3) is 0 Å². The van der Waals surface area contributed by atoms with E-state index in [-0.39, 0.29) is 5.92 Å². The smallest absolute Gasteiger partial charge is 0.310 e. The molecule has 3 rings (SSSR count). The minimum Gasteiger partial charge on any atom is -0.493 e. The molecule has 0 saturated heterocycles. The van der Waals surface area contributed by atoms with Crippen molar-refractivity contribution in [2.75, 3.05) is 6.61 Å². The number of carbonyl (C=O) groups is 1. The monoisotopic (exact) mass is 272 g/mol. The van der Waals surface area contributed by atoms with Gasteiger partial charge in [0, 0.05) is 18.3 Å². The molecule has 1 heterocycles. The number of hydrogen-bond acceptors (Lipinski definition) is 3. The molecule has 2 aromatic rings. The van der Waals surface area contributed by atoms with Crippen molar-refractivity contribution in [2.45, 2.75) is 25.2 Å². The Morgan fingerprint density at radius 3 is 3.15 bits per heavy atom. The number of aryl methyl sites for hydroxylation is 1. The molecule has 5 nitrogen and oxygen atoms in total. The summed E-state index contributed by atoms with van der Waals surface area (Å²) >= 11 is 0. The number of H-pyrrole nitrogens is 1. The van der Waals surface area contributed by atoms with E-state index < -0.39 is 5.97 Å². The number of nitrogens with one attached hydrogen (secondary N) is 1. The summed E-state index contributed by atoms with van der Waals surface area (Å²) in [7, 11) is 0. The zero-order valence-electron chi connectivity index (χ0n) is 11.0. The largest absolute Gasteiger partial charge is 0.493 e. The van der Waals surface area contributed by atoms with Gasteiger partial charge in [-0.15, -0.1) is 0 Å². The van der Waals surface area contributed by atoms with Crippen molar-refractivity contribution in [2.24, 2.45) is 0 Å². The molecule has 0 spiro atoms. The van der Waals surface area contributed by atoms with E-state index in [4.69, 9.17) is 4.74 Å². The maximum Gasteiger partial charge on any atom is 0.310 e. The van der Waals surface area contributed by atoms with E-state index in [1.807, 2.05) is 18.2 Å². The van der Waals surface area contributed by atoms with Crippen LogP contribution in [0, 0.1) is 0 Å². The second-order valence-electron chi connectivity index (χ2n) is 4.97. The van der Waals surface area contributed by atoms with Crippen LogP contribution in [0.25, 0.3) is 0 Å². The maximum atomic E-state index is 11.2. The second-order valence-corrected chi connectivity index (χ2v) is 4.97. The Hall–Kier alpha value is -2.30. The molecule has 0 bridgehead atoms. The third kappa shape index (κ3) is 2.52. The lowest BCUT2D eigenvalue weighted by Crippen LogP contribution is -2.08. The van der Waals surface area contributed by atoms with Gasteiger partial charge in [-0.25, -0.2) is 4.98 Å². The van der Waals surface area contributed by atoms with Crippen molar-refractivity contribution in [1.82, 2.24) is 9.97 Å². The van der Waals surface area contributed by atoms with E-state index in [9.17, 15) is 9.90 Å². The van der Waals surface area contributed by atoms with E-state index >= 15 is 0 Å². The average Bonchev–Trinajstić information content (AvgIpc) is 3.06. The lowest BCUT2D eigenvalue weighted by atomic mass is 10.0. The van der Waals surface area contributed by atoms with Gasteiger partial charge in [0.15, 0.2) is 0 Å². The standard InChI is InChI=1S/C15H16N2O3/c18-15(19)13-4-2-10-1-3-12(7-14(10)13)20-6-5-11-8-16-9-17-11/h1,3,7-9,13H,2,4-6H2,(H,16,17)(H,18,19). The third-order valence-electron chi connectivity index (χ3n) is 3.69. The highest BCUT2D eigenvalue weighted by molar-refractivity contribution is 5.78. The number of carboxylic acid groups (broad SMARTS) is 1. The third-order valence-corrected chi connectivity index (χ3v) is 3.69. The normalized spacial score (nSPS) is 16.9. The summed E-state index contributed by atoms with van der Waals surface area (Å²) in [6.45, 7) is 0.540. The van der Waals surface area contributed by atoms with Gasteiger partial charge >= 0.3 is 5.97 Å². The van der Waals surface area contributed by atoms with E-state index in [2.05, 4.69) is 9.97 Å². The second kappa shape index (κ2) is 5.36. The predicted octanol–water partition coefficient (Wildman–Crippen LogP) is 2.15. The van der Waals surface area contributed by atoms with Crippen LogP contribution in [0.1, 0.15) is 29.2 Å². The van der Waals surface area contributed by atoms with Gasteiger partial charge in [-0.05, 0) is 36.1 Å². The fourth-order valence-electron chi connectivity index (χ4n) is 2.63. The van der Waals surface area contributed by atoms with Crippen molar-refractivity contribution in [3.05, 3.63) is 47.5 Å². The molecule has 1 aromatic carbocycles. The number of imidazole rings is 1. The van der Waals surface area contributed by atoms with Crippen LogP contribution in [0.4, 0.5) is 0 Å². The van der Waals surface area contributed by atoms with Gasteiger partial charge in [-0.1, -0.05) is 6.07 Å². The van der Waals surface area contributed by atoms with Gasteiger partial charge in [-0.3, -0.25) is 4.79 Å². The first kappa shape index (κ1) is 12.7. The maximum absolute atomic E-state index is 11.2. The van der Waals surface area contributed by atoms with Gasteiger partial charge in [0.05, 0.1) is 18.9 Å². The summed E-state index contributed by atoms with van der Waals surface area (Å²) in [5.74, 6) is -0.407. The number of nitrogens with zero attached hydrogens (tertiary/aromatic N) is 1. The average molecular weight is 272 g/mol. The summed E-state index contributed by atoms with van der Waals surface area (Å²) in [6.07, 6.45) is 5.68. The van der Waals surface area contributed by atoms with E-state index in [1.165, 1.54) is 0 Å². The Bertz CT molecular complexity index is 608. The lowest BCUT2D eigenvalue weighted by Gasteiger charge is -2.10. The van der Waals surface area contributed by atoms with Crippen molar-refractivity contribution >= 4 is 5.97 Å². The topological polar surface area (TPSA) is 75.2 Å². The summed E-state index contributed by atoms with van der Waals surface area (Å²) in [4.78, 5) is 18.2. The number of aromatic nitrogens is 2. The van der Waals surface area contributed by atoms with Gasteiger partial charge in [-0.2, -0.15) is 0 Å². The zero-order chi connectivity index (χ0) is 13.9. The zero-order valence-corrected chi connectivity index (χ0v) is 11.0. The first-order valence-corrected chi connectivity index (χ1v) is 6.70. The Labute approximate surface area is 116 Å². The molecule has 0 amide bonds. The number of carboxylic acids is 1. The van der Waals surface area contributed by atoms with Crippen molar-refractivity contribution < 1.29 is 14.6 Å². The quantitative estimate of drug-likeness (QED) is 0.874. The van der Waals surface area contributed by atoms with Gasteiger partial charge in [0.2, 0.25) is 0 Å². The van der Waals surface area contributed by atoms with Crippen LogP contribution < -0.4 is 4.74 Å². The number of hydrogen-bond donors (Lipinski definition) is 2. The molecular formula is C15H16N2O3. The first-order chi connectivity index (χ1) is 9.74. The SMILES string of the molecule is O=C(O)C1CCc2ccc(OCCc3cnc[nH]3)cc21. The number of benzene rings is 1. The number of aliphatic carboxylic acids is 1. The Morgan fingerprint density at radius 2 is 2.40 bits per heavy atom. The molecular weight excluding hydrogens is 256 g/mol. The molecule has 1 atom stereocenters. The van der Waals surface area contributed by atoms with Crippen molar-refractivity contribution in [3.63, 3.8) is 0 Å². The number of ether oxygens (including phenoxy) is 1. The Kier molecular flexibility index (Phi) is 3.41. The van der Waals surface area contributed by atoms with Gasteiger partial charge in [0.1, 0.15) is 5.75 Å². The first-order valence-electron chi connectivity index (χ1n) is 6.70. The molecule has 20 heavy (non-hydrogen) atoms. The highest BCUT2D eigenvalue weighted by Gasteiger charge is 2.28. The molecule has 1 aromatic heterocycles. The lowest BCUT2D eigenvalue weighted by molar-refractivity contribution is -0.138.